The van der Waals surface area contributed by atoms with Gasteiger partial charge in [0.25, 0.3) is 0 Å². The van der Waals surface area contributed by atoms with Crippen LogP contribution < -0.4 is 11.1 Å². The van der Waals surface area contributed by atoms with E-state index in [1.54, 1.807) is 13.3 Å². The van der Waals surface area contributed by atoms with Crippen LogP contribution in [0, 0.1) is 5.92 Å². The van der Waals surface area contributed by atoms with Gasteiger partial charge in [-0.25, -0.2) is 0 Å². The van der Waals surface area contributed by atoms with Gasteiger partial charge in [-0.05, 0) is 30.5 Å². The third kappa shape index (κ3) is 4.59. The minimum Gasteiger partial charge on any atom is -0.398 e. The lowest BCUT2D eigenvalue weighted by molar-refractivity contribution is 0.198. The molecule has 1 aromatic heterocycles. The van der Waals surface area contributed by atoms with E-state index < -0.39 is 0 Å². The largest absolute Gasteiger partial charge is 0.398 e. The Morgan fingerprint density at radius 1 is 1.56 bits per heavy atom. The minimum absolute atomic E-state index is 0.545. The van der Waals surface area contributed by atoms with Gasteiger partial charge in [-0.2, -0.15) is 0 Å². The van der Waals surface area contributed by atoms with E-state index in [-0.39, 0.29) is 0 Å². The number of pyridine rings is 1. The van der Waals surface area contributed by atoms with Gasteiger partial charge in [-0.1, -0.05) is 6.92 Å². The number of nitrogen functional groups attached to an aromatic ring is 1. The summed E-state index contributed by atoms with van der Waals surface area (Å²) in [7, 11) is 1.71. The van der Waals surface area contributed by atoms with Crippen LogP contribution in [0.3, 0.4) is 0 Å². The Labute approximate surface area is 97.2 Å². The summed E-state index contributed by atoms with van der Waals surface area (Å²) in [4.78, 5) is 4.09. The van der Waals surface area contributed by atoms with Gasteiger partial charge < -0.3 is 15.8 Å². The molecule has 4 heteroatoms. The van der Waals surface area contributed by atoms with Crippen molar-refractivity contribution in [3.63, 3.8) is 0 Å². The van der Waals surface area contributed by atoms with Gasteiger partial charge in [0.1, 0.15) is 0 Å². The van der Waals surface area contributed by atoms with E-state index in [4.69, 9.17) is 10.5 Å². The third-order valence-corrected chi connectivity index (χ3v) is 2.49. The van der Waals surface area contributed by atoms with E-state index in [0.29, 0.717) is 5.92 Å². The number of hydrogen-bond acceptors (Lipinski definition) is 4. The van der Waals surface area contributed by atoms with Crippen LogP contribution in [0.15, 0.2) is 18.5 Å². The van der Waals surface area contributed by atoms with Gasteiger partial charge >= 0.3 is 0 Å². The molecule has 0 saturated carbocycles. The van der Waals surface area contributed by atoms with Crippen LogP contribution in [0.2, 0.25) is 0 Å². The highest BCUT2D eigenvalue weighted by Gasteiger charge is 2.05. The molecule has 0 fully saturated rings. The number of nitrogens with zero attached hydrogens (tertiary/aromatic N) is 1. The molecule has 0 aliphatic heterocycles. The summed E-state index contributed by atoms with van der Waals surface area (Å²) in [5.74, 6) is 0.545. The van der Waals surface area contributed by atoms with Gasteiger partial charge in [-0.3, -0.25) is 4.98 Å². The predicted molar refractivity (Wildman–Crippen MR) is 66.3 cm³/mol. The summed E-state index contributed by atoms with van der Waals surface area (Å²) in [5.41, 5.74) is 7.83. The highest BCUT2D eigenvalue weighted by molar-refractivity contribution is 5.44. The smallest absolute Gasteiger partial charge is 0.0587 e. The maximum atomic E-state index is 5.86. The van der Waals surface area contributed by atoms with Gasteiger partial charge in [0.05, 0.1) is 6.61 Å². The lowest BCUT2D eigenvalue weighted by Gasteiger charge is -2.13. The fourth-order valence-corrected chi connectivity index (χ4v) is 1.58. The van der Waals surface area contributed by atoms with Crippen LogP contribution in [0.4, 0.5) is 5.69 Å². The molecule has 1 rings (SSSR count). The average molecular weight is 223 g/mol. The first kappa shape index (κ1) is 12.9. The summed E-state index contributed by atoms with van der Waals surface area (Å²) in [5, 5.41) is 3.34. The normalized spacial score (nSPS) is 12.6. The van der Waals surface area contributed by atoms with Gasteiger partial charge in [0, 0.05) is 31.7 Å². The molecule has 3 N–H and O–H groups in total. The third-order valence-electron chi connectivity index (χ3n) is 2.49. The van der Waals surface area contributed by atoms with E-state index in [1.807, 2.05) is 12.3 Å². The van der Waals surface area contributed by atoms with Crippen molar-refractivity contribution in [3.05, 3.63) is 24.0 Å². The standard InChI is InChI=1S/C12H21N3O/c1-10(8-15-5-6-16-2)7-11-9-14-4-3-12(11)13/h3-4,9-10,15H,5-8H2,1-2H3,(H2,13,14). The second kappa shape index (κ2) is 7.19. The van der Waals surface area contributed by atoms with Crippen LogP contribution >= 0.6 is 0 Å². The maximum absolute atomic E-state index is 5.86. The van der Waals surface area contributed by atoms with Crippen molar-refractivity contribution >= 4 is 5.69 Å². The molecule has 0 amide bonds. The molecule has 0 spiro atoms. The molecular formula is C12H21N3O. The number of nitrogens with two attached hydrogens (primary N) is 1. The summed E-state index contributed by atoms with van der Waals surface area (Å²) >= 11 is 0. The molecule has 90 valence electrons. The maximum Gasteiger partial charge on any atom is 0.0587 e. The molecule has 0 aromatic carbocycles. The first-order valence-corrected chi connectivity index (χ1v) is 5.62. The number of methoxy groups -OCH3 is 1. The zero-order valence-electron chi connectivity index (χ0n) is 10.1. The van der Waals surface area contributed by atoms with E-state index in [9.17, 15) is 0 Å². The first-order valence-electron chi connectivity index (χ1n) is 5.62. The molecule has 0 aliphatic rings. The van der Waals surface area contributed by atoms with Gasteiger partial charge in [0.15, 0.2) is 0 Å². The number of nitrogens with one attached hydrogen (secondary N) is 1. The molecular weight excluding hydrogens is 202 g/mol. The fourth-order valence-electron chi connectivity index (χ4n) is 1.58. The molecule has 0 radical (unpaired) electrons. The van der Waals surface area contributed by atoms with Crippen molar-refractivity contribution in [1.82, 2.24) is 10.3 Å². The Kier molecular flexibility index (Phi) is 5.82. The summed E-state index contributed by atoms with van der Waals surface area (Å²) in [6, 6.07) is 1.85. The molecule has 0 aliphatic carbocycles. The molecule has 16 heavy (non-hydrogen) atoms. The van der Waals surface area contributed by atoms with Crippen LogP contribution in [-0.2, 0) is 11.2 Å². The van der Waals surface area contributed by atoms with E-state index >= 15 is 0 Å². The second-order valence-electron chi connectivity index (χ2n) is 4.08. The number of hydrogen-bond donors (Lipinski definition) is 2. The molecule has 0 bridgehead atoms. The molecule has 4 nitrogen and oxygen atoms in total. The van der Waals surface area contributed by atoms with Crippen molar-refractivity contribution < 1.29 is 4.74 Å². The Morgan fingerprint density at radius 2 is 2.38 bits per heavy atom. The van der Waals surface area contributed by atoms with Gasteiger partial charge in [0.2, 0.25) is 0 Å². The Bertz CT molecular complexity index is 304. The Balaban J connectivity index is 2.28. The van der Waals surface area contributed by atoms with Crippen molar-refractivity contribution in [3.8, 4) is 0 Å². The molecule has 1 atom stereocenters. The highest BCUT2D eigenvalue weighted by Crippen LogP contribution is 2.13. The summed E-state index contributed by atoms with van der Waals surface area (Å²) < 4.78 is 4.97. The lowest BCUT2D eigenvalue weighted by atomic mass is 10.0. The molecule has 0 saturated heterocycles. The van der Waals surface area contributed by atoms with Crippen LogP contribution in [0.5, 0.6) is 0 Å². The quantitative estimate of drug-likeness (QED) is 0.679. The number of anilines is 1. The average Bonchev–Trinajstić information content (AvgIpc) is 2.28. The molecule has 1 aromatic rings. The highest BCUT2D eigenvalue weighted by atomic mass is 16.5. The van der Waals surface area contributed by atoms with Crippen LogP contribution in [0.25, 0.3) is 0 Å². The van der Waals surface area contributed by atoms with Crippen molar-refractivity contribution in [2.45, 2.75) is 13.3 Å². The number of ether oxygens (including phenoxy) is 1. The summed E-state index contributed by atoms with van der Waals surface area (Å²) in [6.07, 6.45) is 4.53. The first-order chi connectivity index (χ1) is 7.74. The lowest BCUT2D eigenvalue weighted by Crippen LogP contribution is -2.26. The van der Waals surface area contributed by atoms with Crippen molar-refractivity contribution in [2.24, 2.45) is 5.92 Å². The van der Waals surface area contributed by atoms with Crippen LogP contribution in [-0.4, -0.2) is 31.8 Å². The van der Waals surface area contributed by atoms with Crippen molar-refractivity contribution in [2.75, 3.05) is 32.5 Å². The monoisotopic (exact) mass is 223 g/mol. The van der Waals surface area contributed by atoms with Gasteiger partial charge in [-0.15, -0.1) is 0 Å². The molecule has 1 unspecified atom stereocenters. The Hall–Kier alpha value is -1.13. The summed E-state index contributed by atoms with van der Waals surface area (Å²) in [6.45, 7) is 4.81. The fraction of sp³-hybridized carbons (Fsp3) is 0.583. The second-order valence-corrected chi connectivity index (χ2v) is 4.08. The zero-order chi connectivity index (χ0) is 11.8. The number of aromatic nitrogens is 1. The van der Waals surface area contributed by atoms with E-state index in [2.05, 4.69) is 17.2 Å². The number of rotatable bonds is 7. The predicted octanol–water partition coefficient (Wildman–Crippen LogP) is 1.08. The SMILES string of the molecule is COCCNCC(C)Cc1cnccc1N. The van der Waals surface area contributed by atoms with E-state index in [0.717, 1.165) is 37.4 Å². The zero-order valence-corrected chi connectivity index (χ0v) is 10.1. The Morgan fingerprint density at radius 3 is 3.06 bits per heavy atom. The molecule has 1 heterocycles. The minimum atomic E-state index is 0.545. The topological polar surface area (TPSA) is 60.2 Å². The van der Waals surface area contributed by atoms with E-state index in [1.165, 1.54) is 0 Å². The van der Waals surface area contributed by atoms with Crippen LogP contribution in [0.1, 0.15) is 12.5 Å². The van der Waals surface area contributed by atoms with Crippen molar-refractivity contribution in [1.29, 1.82) is 0 Å².